The molecule has 4 N–H and O–H groups in total. The lowest BCUT2D eigenvalue weighted by atomic mass is 10.0. The van der Waals surface area contributed by atoms with Gasteiger partial charge in [-0.05, 0) is 36.6 Å². The summed E-state index contributed by atoms with van der Waals surface area (Å²) in [6, 6.07) is 15.1. The van der Waals surface area contributed by atoms with Gasteiger partial charge in [0.2, 0.25) is 11.8 Å². The molecule has 2 aromatic carbocycles. The average Bonchev–Trinajstić information content (AvgIpc) is 2.56. The van der Waals surface area contributed by atoms with Crippen LogP contribution in [0.5, 0.6) is 0 Å². The topological polar surface area (TPSA) is 84.2 Å². The predicted octanol–water partition coefficient (Wildman–Crippen LogP) is 2.93. The van der Waals surface area contributed by atoms with Crippen molar-refractivity contribution in [3.63, 3.8) is 0 Å². The van der Waals surface area contributed by atoms with Crippen LogP contribution in [0, 0.1) is 6.92 Å². The maximum absolute atomic E-state index is 12.2. The van der Waals surface area contributed by atoms with E-state index in [1.807, 2.05) is 55.5 Å². The van der Waals surface area contributed by atoms with E-state index in [1.165, 1.54) is 6.92 Å². The SMILES string of the molecule is CC(=O)NC(CC(=O)NCCc1ccc(N)cc1)c1ccc(C)cc1.Cl. The molecule has 5 nitrogen and oxygen atoms in total. The standard InChI is InChI=1S/C20H25N3O2.ClH/c1-14-3-7-17(8-4-14)19(23-15(2)24)13-20(25)22-12-11-16-5-9-18(21)10-6-16;/h3-10,19H,11-13,21H2,1-2H3,(H,22,25)(H,23,24);1H. The van der Waals surface area contributed by atoms with Crippen LogP contribution in [0.25, 0.3) is 0 Å². The number of hydrogen-bond donors (Lipinski definition) is 3. The van der Waals surface area contributed by atoms with Crippen molar-refractivity contribution in [3.05, 3.63) is 65.2 Å². The first kappa shape index (κ1) is 21.5. The summed E-state index contributed by atoms with van der Waals surface area (Å²) in [5, 5.41) is 5.76. The minimum absolute atomic E-state index is 0. The van der Waals surface area contributed by atoms with E-state index in [0.717, 1.165) is 28.8 Å². The normalized spacial score (nSPS) is 11.2. The summed E-state index contributed by atoms with van der Waals surface area (Å²) < 4.78 is 0. The smallest absolute Gasteiger partial charge is 0.222 e. The van der Waals surface area contributed by atoms with Crippen LogP contribution in [0.15, 0.2) is 48.5 Å². The number of anilines is 1. The third-order valence-corrected chi connectivity index (χ3v) is 3.96. The Labute approximate surface area is 160 Å². The van der Waals surface area contributed by atoms with E-state index >= 15 is 0 Å². The van der Waals surface area contributed by atoms with Crippen molar-refractivity contribution in [2.75, 3.05) is 12.3 Å². The fraction of sp³-hybridized carbons (Fsp3) is 0.300. The zero-order valence-corrected chi connectivity index (χ0v) is 15.9. The molecule has 1 atom stereocenters. The third kappa shape index (κ3) is 7.15. The van der Waals surface area contributed by atoms with Crippen molar-refractivity contribution in [1.29, 1.82) is 0 Å². The van der Waals surface area contributed by atoms with Gasteiger partial charge in [-0.2, -0.15) is 0 Å². The molecule has 0 spiro atoms. The van der Waals surface area contributed by atoms with Gasteiger partial charge in [0.15, 0.2) is 0 Å². The number of nitrogens with two attached hydrogens (primary N) is 1. The van der Waals surface area contributed by atoms with Crippen LogP contribution in [0.4, 0.5) is 5.69 Å². The van der Waals surface area contributed by atoms with Crippen LogP contribution >= 0.6 is 12.4 Å². The first-order chi connectivity index (χ1) is 11.9. The third-order valence-electron chi connectivity index (χ3n) is 3.96. The molecule has 6 heteroatoms. The monoisotopic (exact) mass is 375 g/mol. The van der Waals surface area contributed by atoms with Crippen molar-refractivity contribution < 1.29 is 9.59 Å². The molecule has 26 heavy (non-hydrogen) atoms. The molecular formula is C20H26ClN3O2. The zero-order chi connectivity index (χ0) is 18.2. The van der Waals surface area contributed by atoms with Crippen LogP contribution in [-0.4, -0.2) is 18.4 Å². The summed E-state index contributed by atoms with van der Waals surface area (Å²) in [5.74, 6) is -0.241. The Balaban J connectivity index is 0.00000338. The second kappa shape index (κ2) is 10.5. The van der Waals surface area contributed by atoms with Crippen molar-refractivity contribution in [2.24, 2.45) is 0 Å². The molecule has 0 aromatic heterocycles. The lowest BCUT2D eigenvalue weighted by Gasteiger charge is -2.18. The highest BCUT2D eigenvalue weighted by molar-refractivity contribution is 5.85. The zero-order valence-electron chi connectivity index (χ0n) is 15.1. The van der Waals surface area contributed by atoms with Crippen LogP contribution in [-0.2, 0) is 16.0 Å². The second-order valence-electron chi connectivity index (χ2n) is 6.21. The first-order valence-corrected chi connectivity index (χ1v) is 8.39. The molecule has 2 amide bonds. The van der Waals surface area contributed by atoms with Gasteiger partial charge in [-0.25, -0.2) is 0 Å². The fourth-order valence-electron chi connectivity index (χ4n) is 2.58. The number of rotatable bonds is 7. The fourth-order valence-corrected chi connectivity index (χ4v) is 2.58. The highest BCUT2D eigenvalue weighted by atomic mass is 35.5. The van der Waals surface area contributed by atoms with Crippen molar-refractivity contribution >= 4 is 29.9 Å². The number of hydrogen-bond acceptors (Lipinski definition) is 3. The van der Waals surface area contributed by atoms with E-state index in [9.17, 15) is 9.59 Å². The molecule has 0 aliphatic heterocycles. The van der Waals surface area contributed by atoms with Gasteiger partial charge in [-0.15, -0.1) is 12.4 Å². The number of benzene rings is 2. The summed E-state index contributed by atoms with van der Waals surface area (Å²) >= 11 is 0. The van der Waals surface area contributed by atoms with Gasteiger partial charge in [0.05, 0.1) is 12.5 Å². The number of nitrogens with one attached hydrogen (secondary N) is 2. The van der Waals surface area contributed by atoms with Gasteiger partial charge >= 0.3 is 0 Å². The van der Waals surface area contributed by atoms with Crippen LogP contribution in [0.3, 0.4) is 0 Å². The van der Waals surface area contributed by atoms with Gasteiger partial charge in [0.25, 0.3) is 0 Å². The first-order valence-electron chi connectivity index (χ1n) is 8.39. The lowest BCUT2D eigenvalue weighted by Crippen LogP contribution is -2.33. The highest BCUT2D eigenvalue weighted by Gasteiger charge is 2.16. The average molecular weight is 376 g/mol. The van der Waals surface area contributed by atoms with E-state index in [1.54, 1.807) is 0 Å². The summed E-state index contributed by atoms with van der Waals surface area (Å²) in [6.07, 6.45) is 0.950. The molecule has 2 rings (SSSR count). The number of carbonyl (C=O) groups is 2. The van der Waals surface area contributed by atoms with Crippen molar-refractivity contribution in [2.45, 2.75) is 32.7 Å². The minimum Gasteiger partial charge on any atom is -0.399 e. The van der Waals surface area contributed by atoms with Crippen molar-refractivity contribution in [1.82, 2.24) is 10.6 Å². The molecule has 0 fully saturated rings. The summed E-state index contributed by atoms with van der Waals surface area (Å²) in [6.45, 7) is 4.00. The summed E-state index contributed by atoms with van der Waals surface area (Å²) in [7, 11) is 0. The van der Waals surface area contributed by atoms with E-state index in [0.29, 0.717) is 6.54 Å². The van der Waals surface area contributed by atoms with E-state index in [4.69, 9.17) is 5.73 Å². The van der Waals surface area contributed by atoms with E-state index < -0.39 is 0 Å². The highest BCUT2D eigenvalue weighted by Crippen LogP contribution is 2.17. The van der Waals surface area contributed by atoms with Gasteiger partial charge in [-0.3, -0.25) is 9.59 Å². The Kier molecular flexibility index (Phi) is 8.65. The Bertz CT molecular complexity index is 715. The predicted molar refractivity (Wildman–Crippen MR) is 107 cm³/mol. The van der Waals surface area contributed by atoms with E-state index in [2.05, 4.69) is 10.6 Å². The number of nitrogen functional groups attached to an aromatic ring is 1. The molecule has 2 aromatic rings. The van der Waals surface area contributed by atoms with Crippen LogP contribution in [0.2, 0.25) is 0 Å². The molecule has 0 radical (unpaired) electrons. The van der Waals surface area contributed by atoms with Crippen LogP contribution < -0.4 is 16.4 Å². The quantitative estimate of drug-likeness (QED) is 0.650. The number of halogens is 1. The largest absolute Gasteiger partial charge is 0.399 e. The Morgan fingerprint density at radius 1 is 1.04 bits per heavy atom. The molecule has 0 aliphatic rings. The van der Waals surface area contributed by atoms with Gasteiger partial charge in [-0.1, -0.05) is 42.0 Å². The lowest BCUT2D eigenvalue weighted by molar-refractivity contribution is -0.122. The maximum atomic E-state index is 12.2. The van der Waals surface area contributed by atoms with Gasteiger partial charge in [0, 0.05) is 19.2 Å². The van der Waals surface area contributed by atoms with E-state index in [-0.39, 0.29) is 36.7 Å². The van der Waals surface area contributed by atoms with Gasteiger partial charge in [0.1, 0.15) is 0 Å². The molecule has 1 unspecified atom stereocenters. The Morgan fingerprint density at radius 3 is 2.23 bits per heavy atom. The van der Waals surface area contributed by atoms with Crippen molar-refractivity contribution in [3.8, 4) is 0 Å². The van der Waals surface area contributed by atoms with Gasteiger partial charge < -0.3 is 16.4 Å². The molecule has 0 saturated heterocycles. The second-order valence-corrected chi connectivity index (χ2v) is 6.21. The molecular weight excluding hydrogens is 350 g/mol. The Morgan fingerprint density at radius 2 is 1.65 bits per heavy atom. The minimum atomic E-state index is -0.324. The summed E-state index contributed by atoms with van der Waals surface area (Å²) in [5.41, 5.74) is 9.56. The number of amides is 2. The maximum Gasteiger partial charge on any atom is 0.222 e. The number of aryl methyl sites for hydroxylation is 1. The Hall–Kier alpha value is -2.53. The molecule has 0 aliphatic carbocycles. The molecule has 0 saturated carbocycles. The van der Waals surface area contributed by atoms with Crippen LogP contribution in [0.1, 0.15) is 36.1 Å². The summed E-state index contributed by atoms with van der Waals surface area (Å²) in [4.78, 5) is 23.7. The molecule has 0 bridgehead atoms. The number of carbonyl (C=O) groups excluding carboxylic acids is 2. The molecule has 0 heterocycles. The molecule has 140 valence electrons.